The zero-order valence-corrected chi connectivity index (χ0v) is 8.06. The van der Waals surface area contributed by atoms with Crippen LogP contribution in [0, 0.1) is 11.3 Å². The van der Waals surface area contributed by atoms with Crippen molar-refractivity contribution in [2.24, 2.45) is 7.05 Å². The molecular weight excluding hydrogens is 164 g/mol. The van der Waals surface area contributed by atoms with Gasteiger partial charge in [0.2, 0.25) is 0 Å². The average Bonchev–Trinajstić information content (AvgIpc) is 2.50. The number of aromatic nitrogens is 2. The van der Waals surface area contributed by atoms with Crippen LogP contribution >= 0.6 is 0 Å². The molecule has 4 heteroatoms. The van der Waals surface area contributed by atoms with Gasteiger partial charge in [0.15, 0.2) is 0 Å². The van der Waals surface area contributed by atoms with Crippen LogP contribution in [0.4, 0.5) is 0 Å². The Morgan fingerprint density at radius 1 is 1.69 bits per heavy atom. The highest BCUT2D eigenvalue weighted by atomic mass is 15.3. The SMILES string of the molecule is CCN(CC#N)Cc1ccn(C)n1. The third-order valence-electron chi connectivity index (χ3n) is 1.90. The Bertz CT molecular complexity index is 297. The molecule has 0 N–H and O–H groups in total. The molecule has 0 fully saturated rings. The molecule has 70 valence electrons. The predicted molar refractivity (Wildman–Crippen MR) is 49.8 cm³/mol. The molecule has 1 heterocycles. The van der Waals surface area contributed by atoms with E-state index in [1.807, 2.05) is 31.1 Å². The molecule has 0 unspecified atom stereocenters. The van der Waals surface area contributed by atoms with Crippen molar-refractivity contribution < 1.29 is 0 Å². The molecule has 0 spiro atoms. The Labute approximate surface area is 78.4 Å². The number of rotatable bonds is 4. The predicted octanol–water partition coefficient (Wildman–Crippen LogP) is 0.766. The lowest BCUT2D eigenvalue weighted by atomic mass is 10.4. The topological polar surface area (TPSA) is 44.9 Å². The van der Waals surface area contributed by atoms with E-state index in [1.54, 1.807) is 4.68 Å². The summed E-state index contributed by atoms with van der Waals surface area (Å²) in [4.78, 5) is 2.04. The average molecular weight is 178 g/mol. The van der Waals surface area contributed by atoms with Gasteiger partial charge in [-0.1, -0.05) is 6.92 Å². The van der Waals surface area contributed by atoms with Crippen LogP contribution < -0.4 is 0 Å². The second-order valence-electron chi connectivity index (χ2n) is 2.94. The monoisotopic (exact) mass is 178 g/mol. The van der Waals surface area contributed by atoms with E-state index in [-0.39, 0.29) is 0 Å². The summed E-state index contributed by atoms with van der Waals surface area (Å²) < 4.78 is 1.77. The molecule has 0 radical (unpaired) electrons. The highest BCUT2D eigenvalue weighted by molar-refractivity contribution is 4.98. The number of nitrogens with zero attached hydrogens (tertiary/aromatic N) is 4. The van der Waals surface area contributed by atoms with Gasteiger partial charge >= 0.3 is 0 Å². The molecule has 0 amide bonds. The Kier molecular flexibility index (Phi) is 3.47. The summed E-state index contributed by atoms with van der Waals surface area (Å²) in [7, 11) is 1.89. The van der Waals surface area contributed by atoms with Crippen LogP contribution in [0.25, 0.3) is 0 Å². The van der Waals surface area contributed by atoms with Crippen LogP contribution in [0.3, 0.4) is 0 Å². The van der Waals surface area contributed by atoms with E-state index in [2.05, 4.69) is 11.2 Å². The lowest BCUT2D eigenvalue weighted by Gasteiger charge is -2.14. The fourth-order valence-corrected chi connectivity index (χ4v) is 1.16. The maximum Gasteiger partial charge on any atom is 0.0869 e. The van der Waals surface area contributed by atoms with Gasteiger partial charge < -0.3 is 0 Å². The van der Waals surface area contributed by atoms with E-state index < -0.39 is 0 Å². The Morgan fingerprint density at radius 3 is 2.92 bits per heavy atom. The van der Waals surface area contributed by atoms with Gasteiger partial charge in [0.05, 0.1) is 18.3 Å². The third kappa shape index (κ3) is 2.88. The van der Waals surface area contributed by atoms with E-state index in [4.69, 9.17) is 5.26 Å². The van der Waals surface area contributed by atoms with Crippen LogP contribution in [0.1, 0.15) is 12.6 Å². The summed E-state index contributed by atoms with van der Waals surface area (Å²) in [6.07, 6.45) is 1.91. The maximum atomic E-state index is 8.53. The van der Waals surface area contributed by atoms with Gasteiger partial charge in [-0.2, -0.15) is 10.4 Å². The molecule has 1 aromatic heterocycles. The van der Waals surface area contributed by atoms with E-state index >= 15 is 0 Å². The van der Waals surface area contributed by atoms with Crippen LogP contribution in [-0.4, -0.2) is 27.8 Å². The molecule has 0 saturated carbocycles. The number of hydrogen-bond donors (Lipinski definition) is 0. The molecule has 0 aliphatic rings. The number of aryl methyl sites for hydroxylation is 1. The first-order valence-electron chi connectivity index (χ1n) is 4.34. The van der Waals surface area contributed by atoms with Crippen molar-refractivity contribution in [2.75, 3.05) is 13.1 Å². The van der Waals surface area contributed by atoms with E-state index in [0.717, 1.165) is 18.8 Å². The Morgan fingerprint density at radius 2 is 2.46 bits per heavy atom. The zero-order valence-electron chi connectivity index (χ0n) is 8.06. The molecule has 0 saturated heterocycles. The molecule has 1 aromatic rings. The molecule has 0 aliphatic carbocycles. The summed E-state index contributed by atoms with van der Waals surface area (Å²) in [5.74, 6) is 0. The van der Waals surface area contributed by atoms with E-state index in [9.17, 15) is 0 Å². The van der Waals surface area contributed by atoms with Crippen molar-refractivity contribution in [1.29, 1.82) is 5.26 Å². The summed E-state index contributed by atoms with van der Waals surface area (Å²) in [5, 5.41) is 12.8. The molecule has 0 aliphatic heterocycles. The van der Waals surface area contributed by atoms with Crippen LogP contribution in [0.15, 0.2) is 12.3 Å². The highest BCUT2D eigenvalue weighted by Gasteiger charge is 2.04. The first-order valence-corrected chi connectivity index (χ1v) is 4.34. The molecule has 0 bridgehead atoms. The molecule has 4 nitrogen and oxygen atoms in total. The van der Waals surface area contributed by atoms with Crippen molar-refractivity contribution in [2.45, 2.75) is 13.5 Å². The van der Waals surface area contributed by atoms with Crippen molar-refractivity contribution in [3.63, 3.8) is 0 Å². The third-order valence-corrected chi connectivity index (χ3v) is 1.90. The van der Waals surface area contributed by atoms with Crippen LogP contribution in [0.5, 0.6) is 0 Å². The molecule has 13 heavy (non-hydrogen) atoms. The standard InChI is InChI=1S/C9H14N4/c1-3-13(7-5-10)8-9-4-6-12(2)11-9/h4,6H,3,7-8H2,1-2H3. The fourth-order valence-electron chi connectivity index (χ4n) is 1.16. The molecule has 0 atom stereocenters. The van der Waals surface area contributed by atoms with Gasteiger partial charge in [0, 0.05) is 19.8 Å². The maximum absolute atomic E-state index is 8.53. The second-order valence-corrected chi connectivity index (χ2v) is 2.94. The smallest absolute Gasteiger partial charge is 0.0869 e. The quantitative estimate of drug-likeness (QED) is 0.639. The van der Waals surface area contributed by atoms with E-state index in [0.29, 0.717) is 6.54 Å². The summed E-state index contributed by atoms with van der Waals surface area (Å²) in [6.45, 7) is 4.14. The largest absolute Gasteiger partial charge is 0.285 e. The van der Waals surface area contributed by atoms with Crippen LogP contribution in [-0.2, 0) is 13.6 Å². The minimum Gasteiger partial charge on any atom is -0.285 e. The zero-order chi connectivity index (χ0) is 9.68. The minimum absolute atomic E-state index is 0.465. The van der Waals surface area contributed by atoms with Crippen molar-refractivity contribution in [3.8, 4) is 6.07 Å². The second kappa shape index (κ2) is 4.63. The van der Waals surface area contributed by atoms with Gasteiger partial charge in [-0.15, -0.1) is 0 Å². The lowest BCUT2D eigenvalue weighted by Crippen LogP contribution is -2.23. The summed E-state index contributed by atoms with van der Waals surface area (Å²) in [5.41, 5.74) is 1.01. The van der Waals surface area contributed by atoms with Crippen molar-refractivity contribution >= 4 is 0 Å². The molecule has 0 aromatic carbocycles. The van der Waals surface area contributed by atoms with Gasteiger partial charge in [-0.05, 0) is 12.6 Å². The van der Waals surface area contributed by atoms with Crippen molar-refractivity contribution in [3.05, 3.63) is 18.0 Å². The van der Waals surface area contributed by atoms with Crippen LogP contribution in [0.2, 0.25) is 0 Å². The number of nitriles is 1. The first-order chi connectivity index (χ1) is 6.26. The lowest BCUT2D eigenvalue weighted by molar-refractivity contribution is 0.310. The summed E-state index contributed by atoms with van der Waals surface area (Å²) >= 11 is 0. The van der Waals surface area contributed by atoms with Gasteiger partial charge in [0.25, 0.3) is 0 Å². The Balaban J connectivity index is 2.52. The Hall–Kier alpha value is -1.34. The molecule has 1 rings (SSSR count). The van der Waals surface area contributed by atoms with Gasteiger partial charge in [-0.25, -0.2) is 0 Å². The molecular formula is C9H14N4. The van der Waals surface area contributed by atoms with Gasteiger partial charge in [-0.3, -0.25) is 9.58 Å². The number of hydrogen-bond acceptors (Lipinski definition) is 3. The fraction of sp³-hybridized carbons (Fsp3) is 0.556. The first kappa shape index (κ1) is 9.75. The van der Waals surface area contributed by atoms with Gasteiger partial charge in [0.1, 0.15) is 0 Å². The normalized spacial score (nSPS) is 10.3. The minimum atomic E-state index is 0.465. The highest BCUT2D eigenvalue weighted by Crippen LogP contribution is 2.00. The van der Waals surface area contributed by atoms with Crippen molar-refractivity contribution in [1.82, 2.24) is 14.7 Å². The summed E-state index contributed by atoms with van der Waals surface area (Å²) in [6, 6.07) is 4.11. The van der Waals surface area contributed by atoms with E-state index in [1.165, 1.54) is 0 Å².